The minimum atomic E-state index is -0.240. The van der Waals surface area contributed by atoms with E-state index in [2.05, 4.69) is 157 Å². The van der Waals surface area contributed by atoms with E-state index >= 15 is 0 Å². The topological polar surface area (TPSA) is 41.7 Å². The van der Waals surface area contributed by atoms with Crippen molar-refractivity contribution in [2.45, 2.75) is 25.4 Å². The van der Waals surface area contributed by atoms with Gasteiger partial charge < -0.3 is 9.88 Å². The molecule has 0 spiro atoms. The lowest BCUT2D eigenvalue weighted by molar-refractivity contribution is 0.664. The van der Waals surface area contributed by atoms with Crippen LogP contribution >= 0.6 is 0 Å². The van der Waals surface area contributed by atoms with E-state index in [4.69, 9.17) is 9.98 Å². The van der Waals surface area contributed by atoms with E-state index in [9.17, 15) is 0 Å². The van der Waals surface area contributed by atoms with E-state index in [1.807, 2.05) is 24.3 Å². The molecule has 0 amide bonds. The summed E-state index contributed by atoms with van der Waals surface area (Å²) in [4.78, 5) is 10.2. The molecular weight excluding hydrogens is 609 g/mol. The van der Waals surface area contributed by atoms with Crippen LogP contribution in [0.15, 0.2) is 168 Å². The molecule has 10 rings (SSSR count). The summed E-state index contributed by atoms with van der Waals surface area (Å²) in [7, 11) is 0. The molecule has 50 heavy (non-hydrogen) atoms. The number of hydrogen-bond acceptors (Lipinski definition) is 3. The minimum Gasteiger partial charge on any atom is -0.344 e. The molecule has 1 N–H and O–H groups in total. The van der Waals surface area contributed by atoms with Crippen LogP contribution in [0.3, 0.4) is 0 Å². The molecule has 2 heterocycles. The molecule has 238 valence electrons. The third-order valence-electron chi connectivity index (χ3n) is 10.6. The number of aliphatic imine (C=N–C) groups is 2. The summed E-state index contributed by atoms with van der Waals surface area (Å²) in [5.41, 5.74) is 12.0. The van der Waals surface area contributed by atoms with Crippen molar-refractivity contribution in [3.63, 3.8) is 0 Å². The third-order valence-corrected chi connectivity index (χ3v) is 10.6. The van der Waals surface area contributed by atoms with E-state index in [1.165, 1.54) is 54.8 Å². The highest BCUT2D eigenvalue weighted by molar-refractivity contribution is 6.27. The molecule has 7 aromatic carbocycles. The Morgan fingerprint density at radius 1 is 0.600 bits per heavy atom. The number of rotatable bonds is 4. The summed E-state index contributed by atoms with van der Waals surface area (Å²) in [6.45, 7) is 4.77. The number of amidine groups is 2. The molecule has 0 fully saturated rings. The predicted octanol–water partition coefficient (Wildman–Crippen LogP) is 10.7. The summed E-state index contributed by atoms with van der Waals surface area (Å²) in [6.07, 6.45) is -0.240. The fourth-order valence-corrected chi connectivity index (χ4v) is 8.35. The first kappa shape index (κ1) is 28.7. The number of aromatic nitrogens is 1. The van der Waals surface area contributed by atoms with Crippen molar-refractivity contribution in [1.82, 2.24) is 9.88 Å². The summed E-state index contributed by atoms with van der Waals surface area (Å²) < 4.78 is 2.49. The van der Waals surface area contributed by atoms with E-state index in [-0.39, 0.29) is 11.6 Å². The van der Waals surface area contributed by atoms with Crippen molar-refractivity contribution in [2.24, 2.45) is 9.98 Å². The van der Waals surface area contributed by atoms with Gasteiger partial charge in [0.15, 0.2) is 5.84 Å². The Labute approximate surface area is 291 Å². The second-order valence-electron chi connectivity index (χ2n) is 13.8. The van der Waals surface area contributed by atoms with E-state index in [0.717, 1.165) is 28.2 Å². The maximum absolute atomic E-state index is 5.12. The van der Waals surface area contributed by atoms with Gasteiger partial charge >= 0.3 is 0 Å². The lowest BCUT2D eigenvalue weighted by Gasteiger charge is -2.25. The summed E-state index contributed by atoms with van der Waals surface area (Å²) >= 11 is 0. The van der Waals surface area contributed by atoms with Crippen molar-refractivity contribution in [3.8, 4) is 16.8 Å². The Morgan fingerprint density at radius 2 is 1.24 bits per heavy atom. The number of para-hydroxylation sites is 1. The van der Waals surface area contributed by atoms with Crippen LogP contribution in [-0.4, -0.2) is 16.2 Å². The molecule has 0 saturated heterocycles. The molecule has 0 saturated carbocycles. The lowest BCUT2D eigenvalue weighted by atomic mass is 9.80. The Balaban J connectivity index is 1.20. The van der Waals surface area contributed by atoms with Crippen LogP contribution < -0.4 is 5.32 Å². The van der Waals surface area contributed by atoms with Crippen LogP contribution in [0, 0.1) is 0 Å². The first-order valence-corrected chi connectivity index (χ1v) is 17.3. The average Bonchev–Trinajstić information content (AvgIpc) is 3.65. The number of benzene rings is 7. The van der Waals surface area contributed by atoms with Crippen LogP contribution in [0.1, 0.15) is 47.8 Å². The van der Waals surface area contributed by atoms with E-state index < -0.39 is 0 Å². The van der Waals surface area contributed by atoms with Gasteiger partial charge in [-0.1, -0.05) is 141 Å². The van der Waals surface area contributed by atoms with Crippen LogP contribution in [0.2, 0.25) is 0 Å². The summed E-state index contributed by atoms with van der Waals surface area (Å²) in [5, 5.41) is 8.75. The fourth-order valence-electron chi connectivity index (χ4n) is 8.35. The standard InChI is InChI=1S/C46H34N4/c1-46(2)37-23-13-11-21-35(37)39-33-19-9-10-20-34(33)40-36-22-12-14-24-38(36)50(42(40)41(39)46)32-27-25-31(26-28-32)45-48-43(29-15-5-3-6-16-29)47-44(49-45)30-17-7-4-8-18-30/h3-28,43H,1-2H3,(H,47,48,49). The number of fused-ring (bicyclic) bond motifs is 10. The molecule has 1 atom stereocenters. The third kappa shape index (κ3) is 4.18. The molecular formula is C46H34N4. The zero-order valence-electron chi connectivity index (χ0n) is 27.9. The average molecular weight is 643 g/mol. The second kappa shape index (κ2) is 10.9. The Hall–Kier alpha value is -6.26. The minimum absolute atomic E-state index is 0.181. The normalized spacial score (nSPS) is 16.2. The highest BCUT2D eigenvalue weighted by atomic mass is 15.2. The Bertz CT molecular complexity index is 2680. The summed E-state index contributed by atoms with van der Waals surface area (Å²) in [5.74, 6) is 1.54. The molecule has 0 radical (unpaired) electrons. The molecule has 4 heteroatoms. The largest absolute Gasteiger partial charge is 0.344 e. The highest BCUT2D eigenvalue weighted by Gasteiger charge is 2.40. The molecule has 1 aromatic heterocycles. The first-order chi connectivity index (χ1) is 24.6. The summed E-state index contributed by atoms with van der Waals surface area (Å²) in [6, 6.07) is 56.3. The van der Waals surface area contributed by atoms with Crippen molar-refractivity contribution < 1.29 is 0 Å². The SMILES string of the molecule is CC1(C)c2ccccc2-c2c1c1c(c3ccccc23)c2ccccc2n1-c1ccc(C2=NC(c3ccccc3)NC(c3ccccc3)=N2)cc1. The second-order valence-corrected chi connectivity index (χ2v) is 13.8. The zero-order valence-corrected chi connectivity index (χ0v) is 27.9. The Morgan fingerprint density at radius 3 is 2.02 bits per heavy atom. The number of nitrogens with zero attached hydrogens (tertiary/aromatic N) is 3. The van der Waals surface area contributed by atoms with Crippen molar-refractivity contribution in [1.29, 1.82) is 0 Å². The maximum Gasteiger partial charge on any atom is 0.159 e. The van der Waals surface area contributed by atoms with Crippen LogP contribution in [0.4, 0.5) is 0 Å². The molecule has 1 unspecified atom stereocenters. The van der Waals surface area contributed by atoms with Crippen molar-refractivity contribution in [3.05, 3.63) is 186 Å². The van der Waals surface area contributed by atoms with E-state index in [0.29, 0.717) is 5.84 Å². The van der Waals surface area contributed by atoms with Crippen LogP contribution in [0.5, 0.6) is 0 Å². The highest BCUT2D eigenvalue weighted by Crippen LogP contribution is 2.56. The van der Waals surface area contributed by atoms with Crippen LogP contribution in [-0.2, 0) is 5.41 Å². The van der Waals surface area contributed by atoms with Gasteiger partial charge in [-0.3, -0.25) is 0 Å². The van der Waals surface area contributed by atoms with Gasteiger partial charge in [-0.05, 0) is 68.9 Å². The lowest BCUT2D eigenvalue weighted by Crippen LogP contribution is -2.33. The molecule has 1 aliphatic heterocycles. The van der Waals surface area contributed by atoms with Gasteiger partial charge in [0.1, 0.15) is 12.0 Å². The monoisotopic (exact) mass is 642 g/mol. The number of hydrogen-bond donors (Lipinski definition) is 1. The smallest absolute Gasteiger partial charge is 0.159 e. The Kier molecular flexibility index (Phi) is 6.25. The van der Waals surface area contributed by atoms with Gasteiger partial charge in [-0.2, -0.15) is 0 Å². The van der Waals surface area contributed by atoms with Crippen LogP contribution in [0.25, 0.3) is 49.4 Å². The molecule has 4 nitrogen and oxygen atoms in total. The molecule has 1 aliphatic carbocycles. The zero-order chi connectivity index (χ0) is 33.4. The fraction of sp³-hybridized carbons (Fsp3) is 0.0870. The first-order valence-electron chi connectivity index (χ1n) is 17.3. The van der Waals surface area contributed by atoms with Gasteiger partial charge in [0.2, 0.25) is 0 Å². The van der Waals surface area contributed by atoms with Gasteiger partial charge in [0.05, 0.1) is 11.0 Å². The maximum atomic E-state index is 5.12. The number of nitrogens with one attached hydrogen (secondary N) is 1. The van der Waals surface area contributed by atoms with Crippen molar-refractivity contribution in [2.75, 3.05) is 0 Å². The van der Waals surface area contributed by atoms with Gasteiger partial charge in [0.25, 0.3) is 0 Å². The molecule has 0 bridgehead atoms. The van der Waals surface area contributed by atoms with Gasteiger partial charge in [-0.25, -0.2) is 9.98 Å². The van der Waals surface area contributed by atoms with Gasteiger partial charge in [0, 0.05) is 33.0 Å². The van der Waals surface area contributed by atoms with E-state index in [1.54, 1.807) is 0 Å². The van der Waals surface area contributed by atoms with Gasteiger partial charge in [-0.15, -0.1) is 0 Å². The molecule has 2 aliphatic rings. The van der Waals surface area contributed by atoms with Crippen molar-refractivity contribution >= 4 is 44.2 Å². The predicted molar refractivity (Wildman–Crippen MR) is 208 cm³/mol. The quantitative estimate of drug-likeness (QED) is 0.204. The molecule has 8 aromatic rings.